The number of hydrogen-bond donors (Lipinski definition) is 1. The summed E-state index contributed by atoms with van der Waals surface area (Å²) in [6.07, 6.45) is 0. The SMILES string of the molecule is Cc1sc(C(=O)O)cc1S(=O)(=O)N1CC(C)C(=O)N(C)c2ccccc21. The monoisotopic (exact) mass is 394 g/mol. The van der Waals surface area contributed by atoms with Crippen LogP contribution in [0, 0.1) is 12.8 Å². The quantitative estimate of drug-likeness (QED) is 0.863. The molecule has 9 heteroatoms. The number of thiophene rings is 1. The summed E-state index contributed by atoms with van der Waals surface area (Å²) in [5, 5.41) is 9.16. The normalized spacial score (nSPS) is 17.8. The van der Waals surface area contributed by atoms with Crippen molar-refractivity contribution in [2.45, 2.75) is 18.7 Å². The molecule has 1 aromatic carbocycles. The van der Waals surface area contributed by atoms with Crippen molar-refractivity contribution in [1.82, 2.24) is 0 Å². The van der Waals surface area contributed by atoms with Gasteiger partial charge in [0, 0.05) is 18.5 Å². The molecule has 0 saturated carbocycles. The fraction of sp³-hybridized carbons (Fsp3) is 0.294. The topological polar surface area (TPSA) is 95.0 Å². The molecule has 0 bridgehead atoms. The summed E-state index contributed by atoms with van der Waals surface area (Å²) in [5.41, 5.74) is 0.895. The van der Waals surface area contributed by atoms with Crippen LogP contribution in [0.4, 0.5) is 11.4 Å². The Balaban J connectivity index is 2.19. The molecule has 1 aliphatic heterocycles. The van der Waals surface area contributed by atoms with Gasteiger partial charge in [-0.05, 0) is 25.1 Å². The van der Waals surface area contributed by atoms with Crippen molar-refractivity contribution in [3.8, 4) is 0 Å². The molecule has 3 rings (SSSR count). The van der Waals surface area contributed by atoms with E-state index < -0.39 is 21.9 Å². The van der Waals surface area contributed by atoms with Crippen molar-refractivity contribution in [3.63, 3.8) is 0 Å². The van der Waals surface area contributed by atoms with Crippen molar-refractivity contribution in [2.75, 3.05) is 22.8 Å². The van der Waals surface area contributed by atoms with E-state index in [9.17, 15) is 18.0 Å². The lowest BCUT2D eigenvalue weighted by Crippen LogP contribution is -2.37. The molecule has 138 valence electrons. The minimum atomic E-state index is -4.02. The zero-order chi connectivity index (χ0) is 19.2. The molecule has 1 amide bonds. The van der Waals surface area contributed by atoms with Crippen LogP contribution < -0.4 is 9.21 Å². The van der Waals surface area contributed by atoms with Gasteiger partial charge in [0.2, 0.25) is 5.91 Å². The largest absolute Gasteiger partial charge is 0.477 e. The van der Waals surface area contributed by atoms with Crippen LogP contribution in [0.3, 0.4) is 0 Å². The highest BCUT2D eigenvalue weighted by atomic mass is 32.2. The minimum Gasteiger partial charge on any atom is -0.477 e. The number of fused-ring (bicyclic) bond motifs is 1. The number of carboxylic acid groups (broad SMARTS) is 1. The average molecular weight is 394 g/mol. The van der Waals surface area contributed by atoms with Gasteiger partial charge in [0.1, 0.15) is 9.77 Å². The molecule has 0 radical (unpaired) electrons. The van der Waals surface area contributed by atoms with Gasteiger partial charge in [-0.3, -0.25) is 9.10 Å². The van der Waals surface area contributed by atoms with Crippen LogP contribution in [-0.2, 0) is 14.8 Å². The number of anilines is 2. The predicted octanol–water partition coefficient (Wildman–Crippen LogP) is 2.56. The zero-order valence-electron chi connectivity index (χ0n) is 14.5. The minimum absolute atomic E-state index is 0.0137. The van der Waals surface area contributed by atoms with E-state index in [-0.39, 0.29) is 22.2 Å². The fourth-order valence-corrected chi connectivity index (χ4v) is 5.98. The van der Waals surface area contributed by atoms with Gasteiger partial charge < -0.3 is 10.0 Å². The Bertz CT molecular complexity index is 996. The van der Waals surface area contributed by atoms with Gasteiger partial charge in [0.25, 0.3) is 10.0 Å². The second-order valence-corrected chi connectivity index (χ2v) is 9.25. The second-order valence-electron chi connectivity index (χ2n) is 6.16. The maximum absolute atomic E-state index is 13.3. The Labute approximate surface area is 155 Å². The highest BCUT2D eigenvalue weighted by Gasteiger charge is 2.37. The van der Waals surface area contributed by atoms with E-state index in [4.69, 9.17) is 5.11 Å². The van der Waals surface area contributed by atoms with E-state index in [1.165, 1.54) is 15.3 Å². The van der Waals surface area contributed by atoms with E-state index in [0.717, 1.165) is 11.3 Å². The van der Waals surface area contributed by atoms with Crippen LogP contribution in [0.2, 0.25) is 0 Å². The number of sulfonamides is 1. The summed E-state index contributed by atoms with van der Waals surface area (Å²) >= 11 is 0.919. The second kappa shape index (κ2) is 6.40. The van der Waals surface area contributed by atoms with E-state index >= 15 is 0 Å². The summed E-state index contributed by atoms with van der Waals surface area (Å²) in [6.45, 7) is 3.24. The lowest BCUT2D eigenvalue weighted by Gasteiger charge is -2.25. The summed E-state index contributed by atoms with van der Waals surface area (Å²) in [5.74, 6) is -1.89. The number of benzene rings is 1. The molecule has 0 saturated heterocycles. The summed E-state index contributed by atoms with van der Waals surface area (Å²) in [7, 11) is -2.40. The van der Waals surface area contributed by atoms with Crippen LogP contribution in [0.5, 0.6) is 0 Å². The van der Waals surface area contributed by atoms with Crippen molar-refractivity contribution >= 4 is 44.6 Å². The van der Waals surface area contributed by atoms with E-state index in [1.807, 2.05) is 0 Å². The highest BCUT2D eigenvalue weighted by molar-refractivity contribution is 7.93. The van der Waals surface area contributed by atoms with Gasteiger partial charge in [0.05, 0.1) is 17.3 Å². The highest BCUT2D eigenvalue weighted by Crippen LogP contribution is 2.38. The summed E-state index contributed by atoms with van der Waals surface area (Å²) < 4.78 is 27.9. The van der Waals surface area contributed by atoms with Crippen molar-refractivity contribution in [2.24, 2.45) is 5.92 Å². The van der Waals surface area contributed by atoms with Gasteiger partial charge in [0.15, 0.2) is 0 Å². The Hall–Kier alpha value is -2.39. The first-order valence-electron chi connectivity index (χ1n) is 7.87. The Morgan fingerprint density at radius 3 is 2.46 bits per heavy atom. The third kappa shape index (κ3) is 2.86. The van der Waals surface area contributed by atoms with Gasteiger partial charge in [-0.1, -0.05) is 19.1 Å². The van der Waals surface area contributed by atoms with Crippen molar-refractivity contribution in [1.29, 1.82) is 0 Å². The maximum Gasteiger partial charge on any atom is 0.345 e. The van der Waals surface area contributed by atoms with Gasteiger partial charge in [-0.15, -0.1) is 11.3 Å². The van der Waals surface area contributed by atoms with Gasteiger partial charge in [-0.2, -0.15) is 0 Å². The smallest absolute Gasteiger partial charge is 0.345 e. The van der Waals surface area contributed by atoms with Crippen LogP contribution in [-0.4, -0.2) is 39.0 Å². The molecule has 1 unspecified atom stereocenters. The molecule has 1 atom stereocenters. The molecule has 7 nitrogen and oxygen atoms in total. The third-order valence-corrected chi connectivity index (χ3v) is 7.43. The summed E-state index contributed by atoms with van der Waals surface area (Å²) in [6, 6.07) is 7.97. The lowest BCUT2D eigenvalue weighted by atomic mass is 10.1. The predicted molar refractivity (Wildman–Crippen MR) is 99.6 cm³/mol. The molecule has 26 heavy (non-hydrogen) atoms. The molecule has 1 N–H and O–H groups in total. The van der Waals surface area contributed by atoms with Crippen LogP contribution in [0.25, 0.3) is 0 Å². The standard InChI is InChI=1S/C17H18N2O5S2/c1-10-9-19(13-7-5-4-6-12(13)18(3)16(10)20)26(23,24)15-8-14(17(21)22)25-11(15)2/h4-8,10H,9H2,1-3H3,(H,21,22). The van der Waals surface area contributed by atoms with E-state index in [2.05, 4.69) is 0 Å². The Morgan fingerprint density at radius 2 is 1.88 bits per heavy atom. The average Bonchev–Trinajstić information content (AvgIpc) is 2.97. The Morgan fingerprint density at radius 1 is 1.27 bits per heavy atom. The number of carbonyl (C=O) groups excluding carboxylic acids is 1. The molecule has 0 spiro atoms. The fourth-order valence-electron chi connectivity index (χ4n) is 3.01. The maximum atomic E-state index is 13.3. The number of hydrogen-bond acceptors (Lipinski definition) is 5. The number of carboxylic acids is 1. The number of rotatable bonds is 3. The first-order chi connectivity index (χ1) is 12.1. The number of amides is 1. The number of carbonyl (C=O) groups is 2. The molecule has 1 aliphatic rings. The molecular weight excluding hydrogens is 376 g/mol. The zero-order valence-corrected chi connectivity index (χ0v) is 16.1. The van der Waals surface area contributed by atoms with Crippen molar-refractivity contribution in [3.05, 3.63) is 40.1 Å². The molecular formula is C17H18N2O5S2. The summed E-state index contributed by atoms with van der Waals surface area (Å²) in [4.78, 5) is 25.5. The molecule has 0 aliphatic carbocycles. The third-order valence-electron chi connectivity index (χ3n) is 4.35. The number of nitrogens with zero attached hydrogens (tertiary/aromatic N) is 2. The van der Waals surface area contributed by atoms with E-state index in [0.29, 0.717) is 16.3 Å². The molecule has 0 fully saturated rings. The van der Waals surface area contributed by atoms with E-state index in [1.54, 1.807) is 45.2 Å². The van der Waals surface area contributed by atoms with Crippen molar-refractivity contribution < 1.29 is 23.1 Å². The molecule has 1 aromatic heterocycles. The van der Waals surface area contributed by atoms with Gasteiger partial charge in [-0.25, -0.2) is 13.2 Å². The van der Waals surface area contributed by atoms with Crippen LogP contribution in [0.1, 0.15) is 21.5 Å². The Kier molecular flexibility index (Phi) is 4.53. The van der Waals surface area contributed by atoms with Crippen LogP contribution in [0.15, 0.2) is 35.2 Å². The first kappa shape index (κ1) is 18.4. The van der Waals surface area contributed by atoms with Gasteiger partial charge >= 0.3 is 5.97 Å². The number of aryl methyl sites for hydroxylation is 1. The number of para-hydroxylation sites is 2. The molecule has 2 heterocycles. The lowest BCUT2D eigenvalue weighted by molar-refractivity contribution is -0.121. The first-order valence-corrected chi connectivity index (χ1v) is 10.1. The van der Waals surface area contributed by atoms with Crippen LogP contribution >= 0.6 is 11.3 Å². The molecule has 2 aromatic rings. The number of aromatic carboxylic acids is 1.